The van der Waals surface area contributed by atoms with Gasteiger partial charge in [0.1, 0.15) is 4.88 Å². The zero-order chi connectivity index (χ0) is 18.1. The van der Waals surface area contributed by atoms with Crippen LogP contribution in [0.1, 0.15) is 9.67 Å². The van der Waals surface area contributed by atoms with Crippen LogP contribution in [0, 0.1) is 29.1 Å². The monoisotopic (exact) mass is 370 g/mol. The van der Waals surface area contributed by atoms with E-state index < -0.39 is 40.8 Å². The van der Waals surface area contributed by atoms with E-state index in [0.717, 1.165) is 11.3 Å². The van der Waals surface area contributed by atoms with Crippen molar-refractivity contribution in [1.82, 2.24) is 0 Å². The minimum atomic E-state index is -2.32. The van der Waals surface area contributed by atoms with E-state index in [1.807, 2.05) is 0 Å². The first-order valence-electron chi connectivity index (χ1n) is 6.78. The number of hydrogen-bond acceptors (Lipinski definition) is 3. The van der Waals surface area contributed by atoms with E-state index in [1.54, 1.807) is 36.4 Å². The minimum absolute atomic E-state index is 0.0323. The first-order chi connectivity index (χ1) is 11.9. The molecule has 0 bridgehead atoms. The molecule has 2 aromatic carbocycles. The highest BCUT2D eigenvalue weighted by atomic mass is 32.1. The van der Waals surface area contributed by atoms with Gasteiger partial charge in [-0.15, -0.1) is 11.3 Å². The summed E-state index contributed by atoms with van der Waals surface area (Å²) in [7, 11) is 0. The van der Waals surface area contributed by atoms with Crippen molar-refractivity contribution in [2.75, 3.05) is 0 Å². The molecule has 0 fully saturated rings. The van der Waals surface area contributed by atoms with Crippen LogP contribution in [0.2, 0.25) is 0 Å². The third kappa shape index (κ3) is 3.00. The summed E-state index contributed by atoms with van der Waals surface area (Å²) in [4.78, 5) is 12.2. The van der Waals surface area contributed by atoms with Crippen LogP contribution in [0.5, 0.6) is 5.75 Å². The zero-order valence-corrected chi connectivity index (χ0v) is 13.0. The zero-order valence-electron chi connectivity index (χ0n) is 12.2. The van der Waals surface area contributed by atoms with E-state index in [1.165, 1.54) is 5.38 Å². The average Bonchev–Trinajstić information content (AvgIpc) is 3.12. The molecule has 0 saturated carbocycles. The Balaban J connectivity index is 2.00. The normalized spacial score (nSPS) is 10.8. The molecule has 25 heavy (non-hydrogen) atoms. The van der Waals surface area contributed by atoms with Gasteiger partial charge in [-0.1, -0.05) is 30.3 Å². The molecular formula is C17H7F5O2S. The fourth-order valence-electron chi connectivity index (χ4n) is 2.13. The number of carbonyl (C=O) groups excluding carboxylic acids is 1. The second-order valence-electron chi connectivity index (χ2n) is 4.82. The van der Waals surface area contributed by atoms with Gasteiger partial charge in [0, 0.05) is 5.56 Å². The van der Waals surface area contributed by atoms with E-state index in [4.69, 9.17) is 0 Å². The van der Waals surface area contributed by atoms with E-state index >= 15 is 0 Å². The molecule has 0 aliphatic carbocycles. The van der Waals surface area contributed by atoms with Gasteiger partial charge in [0.2, 0.25) is 34.8 Å². The molecule has 1 heterocycles. The van der Waals surface area contributed by atoms with Crippen molar-refractivity contribution in [2.45, 2.75) is 0 Å². The highest BCUT2D eigenvalue weighted by molar-refractivity contribution is 7.12. The number of hydrogen-bond donors (Lipinski definition) is 0. The lowest BCUT2D eigenvalue weighted by Gasteiger charge is -2.09. The minimum Gasteiger partial charge on any atom is -0.416 e. The molecule has 0 N–H and O–H groups in total. The van der Waals surface area contributed by atoms with Gasteiger partial charge < -0.3 is 4.74 Å². The molecule has 0 atom stereocenters. The molecular weight excluding hydrogens is 363 g/mol. The lowest BCUT2D eigenvalue weighted by molar-refractivity contribution is 0.0722. The van der Waals surface area contributed by atoms with Crippen molar-refractivity contribution in [3.63, 3.8) is 0 Å². The van der Waals surface area contributed by atoms with Gasteiger partial charge in [-0.3, -0.25) is 0 Å². The largest absolute Gasteiger partial charge is 0.416 e. The van der Waals surface area contributed by atoms with Crippen molar-refractivity contribution in [3.05, 3.63) is 75.7 Å². The van der Waals surface area contributed by atoms with E-state index in [9.17, 15) is 26.7 Å². The predicted octanol–water partition coefficient (Wildman–Crippen LogP) is 5.33. The van der Waals surface area contributed by atoms with Crippen LogP contribution in [0.4, 0.5) is 22.0 Å². The fourth-order valence-corrected chi connectivity index (χ4v) is 2.92. The van der Waals surface area contributed by atoms with Crippen molar-refractivity contribution in [3.8, 4) is 16.9 Å². The Labute approximate surface area is 142 Å². The number of thiophene rings is 1. The number of halogens is 5. The first kappa shape index (κ1) is 17.1. The van der Waals surface area contributed by atoms with Gasteiger partial charge in [0.15, 0.2) is 0 Å². The number of esters is 1. The second kappa shape index (κ2) is 6.64. The van der Waals surface area contributed by atoms with Gasteiger partial charge in [0.25, 0.3) is 0 Å². The summed E-state index contributed by atoms with van der Waals surface area (Å²) < 4.78 is 71.1. The van der Waals surface area contributed by atoms with Gasteiger partial charge >= 0.3 is 5.97 Å². The molecule has 8 heteroatoms. The van der Waals surface area contributed by atoms with Crippen molar-refractivity contribution < 1.29 is 31.5 Å². The molecule has 0 unspecified atom stereocenters. The van der Waals surface area contributed by atoms with E-state index in [0.29, 0.717) is 11.1 Å². The molecule has 0 aliphatic rings. The lowest BCUT2D eigenvalue weighted by atomic mass is 10.1. The summed E-state index contributed by atoms with van der Waals surface area (Å²) in [5, 5.41) is 1.54. The molecule has 0 aliphatic heterocycles. The third-order valence-electron chi connectivity index (χ3n) is 3.30. The smallest absolute Gasteiger partial charge is 0.354 e. The Bertz CT molecular complexity index is 924. The Morgan fingerprint density at radius 1 is 0.800 bits per heavy atom. The number of carbonyl (C=O) groups is 1. The van der Waals surface area contributed by atoms with E-state index in [-0.39, 0.29) is 4.88 Å². The molecule has 2 nitrogen and oxygen atoms in total. The standard InChI is InChI=1S/C17H7F5O2S/c18-10-11(19)13(21)15(14(22)12(10)20)24-17(23)16-9(6-7-25-16)8-4-2-1-3-5-8/h1-7H. The summed E-state index contributed by atoms with van der Waals surface area (Å²) in [6, 6.07) is 10.1. The maximum Gasteiger partial charge on any atom is 0.354 e. The Kier molecular flexibility index (Phi) is 4.54. The highest BCUT2D eigenvalue weighted by Crippen LogP contribution is 2.32. The van der Waals surface area contributed by atoms with Crippen LogP contribution in [-0.4, -0.2) is 5.97 Å². The average molecular weight is 370 g/mol. The third-order valence-corrected chi connectivity index (χ3v) is 4.19. The number of benzene rings is 2. The molecule has 1 aromatic heterocycles. The Morgan fingerprint density at radius 3 is 1.96 bits per heavy atom. The summed E-state index contributed by atoms with van der Waals surface area (Å²) in [6.07, 6.45) is 0. The Morgan fingerprint density at radius 2 is 1.36 bits per heavy atom. The molecule has 3 rings (SSSR count). The predicted molar refractivity (Wildman–Crippen MR) is 80.9 cm³/mol. The maximum absolute atomic E-state index is 13.6. The van der Waals surface area contributed by atoms with Crippen LogP contribution in [-0.2, 0) is 0 Å². The second-order valence-corrected chi connectivity index (χ2v) is 5.73. The summed E-state index contributed by atoms with van der Waals surface area (Å²) in [6.45, 7) is 0. The topological polar surface area (TPSA) is 26.3 Å². The van der Waals surface area contributed by atoms with Crippen molar-refractivity contribution in [2.24, 2.45) is 0 Å². The van der Waals surface area contributed by atoms with Crippen molar-refractivity contribution >= 4 is 17.3 Å². The summed E-state index contributed by atoms with van der Waals surface area (Å²) in [5.74, 6) is -14.0. The molecule has 0 radical (unpaired) electrons. The van der Waals surface area contributed by atoms with Crippen LogP contribution in [0.3, 0.4) is 0 Å². The quantitative estimate of drug-likeness (QED) is 0.205. The fraction of sp³-hybridized carbons (Fsp3) is 0. The van der Waals surface area contributed by atoms with Crippen LogP contribution < -0.4 is 4.74 Å². The molecule has 0 saturated heterocycles. The lowest BCUT2D eigenvalue weighted by Crippen LogP contribution is -2.13. The number of rotatable bonds is 3. The maximum atomic E-state index is 13.6. The van der Waals surface area contributed by atoms with Gasteiger partial charge in [-0.05, 0) is 17.0 Å². The number of ether oxygens (including phenoxy) is 1. The van der Waals surface area contributed by atoms with Crippen LogP contribution in [0.25, 0.3) is 11.1 Å². The summed E-state index contributed by atoms with van der Waals surface area (Å²) >= 11 is 0.914. The molecule has 3 aromatic rings. The molecule has 0 amide bonds. The molecule has 128 valence electrons. The SMILES string of the molecule is O=C(Oc1c(F)c(F)c(F)c(F)c1F)c1sccc1-c1ccccc1. The van der Waals surface area contributed by atoms with Gasteiger partial charge in [-0.25, -0.2) is 18.0 Å². The molecule has 0 spiro atoms. The summed E-state index contributed by atoms with van der Waals surface area (Å²) in [5.41, 5.74) is 1.05. The van der Waals surface area contributed by atoms with E-state index in [2.05, 4.69) is 4.74 Å². The van der Waals surface area contributed by atoms with Gasteiger partial charge in [-0.2, -0.15) is 8.78 Å². The van der Waals surface area contributed by atoms with Crippen LogP contribution in [0.15, 0.2) is 41.8 Å². The van der Waals surface area contributed by atoms with Crippen molar-refractivity contribution in [1.29, 1.82) is 0 Å². The van der Waals surface area contributed by atoms with Crippen LogP contribution >= 0.6 is 11.3 Å². The highest BCUT2D eigenvalue weighted by Gasteiger charge is 2.29. The first-order valence-corrected chi connectivity index (χ1v) is 7.66. The van der Waals surface area contributed by atoms with Gasteiger partial charge in [0.05, 0.1) is 0 Å². The Hall–Kier alpha value is -2.74.